The van der Waals surface area contributed by atoms with Crippen LogP contribution in [0.1, 0.15) is 58.8 Å². The van der Waals surface area contributed by atoms with Gasteiger partial charge >= 0.3 is 0 Å². The zero-order valence-electron chi connectivity index (χ0n) is 8.10. The fourth-order valence-electron chi connectivity index (χ4n) is 2.24. The zero-order valence-corrected chi connectivity index (χ0v) is 8.10. The predicted molar refractivity (Wildman–Crippen MR) is 50.6 cm³/mol. The van der Waals surface area contributed by atoms with E-state index in [4.69, 9.17) is 0 Å². The van der Waals surface area contributed by atoms with Crippen molar-refractivity contribution in [2.24, 2.45) is 11.8 Å². The Morgan fingerprint density at radius 3 is 2.00 bits per heavy atom. The Morgan fingerprint density at radius 2 is 1.55 bits per heavy atom. The van der Waals surface area contributed by atoms with Gasteiger partial charge in [0.25, 0.3) is 0 Å². The van der Waals surface area contributed by atoms with Gasteiger partial charge in [0.05, 0.1) is 0 Å². The van der Waals surface area contributed by atoms with E-state index in [1.807, 2.05) is 0 Å². The van der Waals surface area contributed by atoms with Crippen LogP contribution in [0.25, 0.3) is 0 Å². The smallest absolute Gasteiger partial charge is 0.0386 e. The molecule has 0 amide bonds. The molecule has 0 aliphatic heterocycles. The largest absolute Gasteiger partial charge is 0.0654 e. The first-order valence-corrected chi connectivity index (χ1v) is 5.38. The van der Waals surface area contributed by atoms with Crippen molar-refractivity contribution in [3.05, 3.63) is 0 Å². The molecule has 11 heavy (non-hydrogen) atoms. The van der Waals surface area contributed by atoms with E-state index in [2.05, 4.69) is 13.8 Å². The lowest BCUT2D eigenvalue weighted by Crippen LogP contribution is -2.25. The van der Waals surface area contributed by atoms with Crippen molar-refractivity contribution in [3.8, 4) is 0 Å². The molecule has 1 rings (SSSR count). The summed E-state index contributed by atoms with van der Waals surface area (Å²) in [5, 5.41) is 0. The van der Waals surface area contributed by atoms with Crippen LogP contribution in [-0.2, 0) is 0 Å². The van der Waals surface area contributed by atoms with Crippen LogP contribution in [0.15, 0.2) is 0 Å². The molecule has 2 atom stereocenters. The van der Waals surface area contributed by atoms with Crippen LogP contribution in [0.5, 0.6) is 0 Å². The molecule has 0 bridgehead atoms. The molecule has 0 radical (unpaired) electrons. The second-order valence-corrected chi connectivity index (χ2v) is 4.03. The molecule has 1 aliphatic rings. The molecule has 0 spiro atoms. The summed E-state index contributed by atoms with van der Waals surface area (Å²) in [6, 6.07) is 0. The first-order valence-electron chi connectivity index (χ1n) is 5.38. The van der Waals surface area contributed by atoms with Crippen molar-refractivity contribution in [1.82, 2.24) is 0 Å². The second-order valence-electron chi connectivity index (χ2n) is 4.03. The molecule has 0 saturated heterocycles. The van der Waals surface area contributed by atoms with Crippen LogP contribution in [0.2, 0.25) is 0 Å². The fraction of sp³-hybridized carbons (Fsp3) is 1.00. The summed E-state index contributed by atoms with van der Waals surface area (Å²) in [4.78, 5) is 0. The predicted octanol–water partition coefficient (Wildman–Crippen LogP) is 4.00. The standard InChI is InChI=1S/C11H22/c1-3-5-7-11-9-8-10(11)6-4-2/h10-11H,3-9H2,1-2H3. The number of unbranched alkanes of at least 4 members (excludes halogenated alkanes) is 1. The van der Waals surface area contributed by atoms with Crippen molar-refractivity contribution < 1.29 is 0 Å². The van der Waals surface area contributed by atoms with Gasteiger partial charge < -0.3 is 0 Å². The minimum atomic E-state index is 1.12. The minimum Gasteiger partial charge on any atom is -0.0654 e. The van der Waals surface area contributed by atoms with E-state index < -0.39 is 0 Å². The minimum absolute atomic E-state index is 1.12. The molecule has 0 aromatic rings. The maximum absolute atomic E-state index is 2.31. The van der Waals surface area contributed by atoms with Crippen LogP contribution in [0, 0.1) is 11.8 Å². The maximum Gasteiger partial charge on any atom is -0.0386 e. The summed E-state index contributed by atoms with van der Waals surface area (Å²) >= 11 is 0. The van der Waals surface area contributed by atoms with Crippen molar-refractivity contribution in [2.75, 3.05) is 0 Å². The zero-order chi connectivity index (χ0) is 8.10. The van der Waals surface area contributed by atoms with Crippen LogP contribution >= 0.6 is 0 Å². The van der Waals surface area contributed by atoms with Crippen LogP contribution in [0.3, 0.4) is 0 Å². The highest BCUT2D eigenvalue weighted by Gasteiger charge is 2.28. The summed E-state index contributed by atoms with van der Waals surface area (Å²) in [7, 11) is 0. The highest BCUT2D eigenvalue weighted by Crippen LogP contribution is 2.40. The normalized spacial score (nSPS) is 30.0. The third-order valence-corrected chi connectivity index (χ3v) is 3.16. The molecule has 1 saturated carbocycles. The van der Waals surface area contributed by atoms with Crippen LogP contribution in [-0.4, -0.2) is 0 Å². The average molecular weight is 154 g/mol. The van der Waals surface area contributed by atoms with E-state index in [1.54, 1.807) is 0 Å². The monoisotopic (exact) mass is 154 g/mol. The summed E-state index contributed by atoms with van der Waals surface area (Å²) in [5.74, 6) is 2.24. The number of hydrogen-bond acceptors (Lipinski definition) is 0. The van der Waals surface area contributed by atoms with Crippen molar-refractivity contribution >= 4 is 0 Å². The van der Waals surface area contributed by atoms with Crippen molar-refractivity contribution in [3.63, 3.8) is 0 Å². The summed E-state index contributed by atoms with van der Waals surface area (Å²) in [6.07, 6.45) is 10.3. The van der Waals surface area contributed by atoms with E-state index in [0.29, 0.717) is 0 Å². The van der Waals surface area contributed by atoms with E-state index >= 15 is 0 Å². The lowest BCUT2D eigenvalue weighted by atomic mass is 9.69. The van der Waals surface area contributed by atoms with Gasteiger partial charge in [0, 0.05) is 0 Å². The van der Waals surface area contributed by atoms with E-state index in [1.165, 1.54) is 44.9 Å². The Kier molecular flexibility index (Phi) is 3.96. The topological polar surface area (TPSA) is 0 Å². The SMILES string of the molecule is CCCCC1CCC1CCC. The van der Waals surface area contributed by atoms with E-state index in [0.717, 1.165) is 11.8 Å². The Bertz CT molecular complexity index is 96.2. The van der Waals surface area contributed by atoms with Crippen molar-refractivity contribution in [1.29, 1.82) is 0 Å². The Hall–Kier alpha value is 0. The Labute approximate surface area is 71.4 Å². The average Bonchev–Trinajstić information content (AvgIpc) is 1.99. The van der Waals surface area contributed by atoms with Gasteiger partial charge in [0.2, 0.25) is 0 Å². The van der Waals surface area contributed by atoms with Gasteiger partial charge in [-0.1, -0.05) is 46.0 Å². The first-order chi connectivity index (χ1) is 5.38. The summed E-state index contributed by atoms with van der Waals surface area (Å²) < 4.78 is 0. The summed E-state index contributed by atoms with van der Waals surface area (Å²) in [6.45, 7) is 4.61. The number of rotatable bonds is 5. The first kappa shape index (κ1) is 9.09. The van der Waals surface area contributed by atoms with Crippen molar-refractivity contribution in [2.45, 2.75) is 58.8 Å². The van der Waals surface area contributed by atoms with Gasteiger partial charge in [-0.3, -0.25) is 0 Å². The maximum atomic E-state index is 2.31. The van der Waals surface area contributed by atoms with E-state index in [9.17, 15) is 0 Å². The van der Waals surface area contributed by atoms with Gasteiger partial charge in [-0.05, 0) is 24.7 Å². The quantitative estimate of drug-likeness (QED) is 0.561. The highest BCUT2D eigenvalue weighted by atomic mass is 14.3. The lowest BCUT2D eigenvalue weighted by Gasteiger charge is -2.36. The third-order valence-electron chi connectivity index (χ3n) is 3.16. The Morgan fingerprint density at radius 1 is 0.909 bits per heavy atom. The molecule has 0 N–H and O–H groups in total. The van der Waals surface area contributed by atoms with Gasteiger partial charge in [0.15, 0.2) is 0 Å². The lowest BCUT2D eigenvalue weighted by molar-refractivity contribution is 0.149. The molecule has 0 aromatic carbocycles. The molecule has 1 aliphatic carbocycles. The molecule has 66 valence electrons. The molecule has 0 heteroatoms. The highest BCUT2D eigenvalue weighted by molar-refractivity contribution is 4.79. The van der Waals surface area contributed by atoms with Gasteiger partial charge in [-0.15, -0.1) is 0 Å². The molecule has 0 aromatic heterocycles. The molecule has 2 unspecified atom stereocenters. The molecular weight excluding hydrogens is 132 g/mol. The van der Waals surface area contributed by atoms with Gasteiger partial charge in [-0.25, -0.2) is 0 Å². The van der Waals surface area contributed by atoms with Crippen LogP contribution in [0.4, 0.5) is 0 Å². The molecular formula is C11H22. The number of hydrogen-bond donors (Lipinski definition) is 0. The molecule has 0 nitrogen and oxygen atoms in total. The molecule has 1 fully saturated rings. The van der Waals surface area contributed by atoms with E-state index in [-0.39, 0.29) is 0 Å². The Balaban J connectivity index is 2.05. The second kappa shape index (κ2) is 4.79. The fourth-order valence-corrected chi connectivity index (χ4v) is 2.24. The summed E-state index contributed by atoms with van der Waals surface area (Å²) in [5.41, 5.74) is 0. The van der Waals surface area contributed by atoms with Gasteiger partial charge in [0.1, 0.15) is 0 Å². The third kappa shape index (κ3) is 2.50. The van der Waals surface area contributed by atoms with Gasteiger partial charge in [-0.2, -0.15) is 0 Å². The molecule has 0 heterocycles. The van der Waals surface area contributed by atoms with Crippen LogP contribution < -0.4 is 0 Å².